The summed E-state index contributed by atoms with van der Waals surface area (Å²) in [4.78, 5) is 11.7. The second-order valence-electron chi connectivity index (χ2n) is 5.25. The van der Waals surface area contributed by atoms with Gasteiger partial charge < -0.3 is 10.3 Å². The molecule has 0 atom stereocenters. The normalized spacial score (nSPS) is 11.1. The molecule has 0 fully saturated rings. The van der Waals surface area contributed by atoms with Crippen LogP contribution in [0.1, 0.15) is 18.4 Å². The number of unbranched alkanes of at least 4 members (excludes halogenated alkanes) is 1. The van der Waals surface area contributed by atoms with Gasteiger partial charge in [-0.2, -0.15) is 4.98 Å². The number of benzene rings is 1. The number of fused-ring (bicyclic) bond motifs is 1. The number of imidazole rings is 1. The highest BCUT2D eigenvalue weighted by atomic mass is 35.5. The molecule has 3 aromatic rings. The first-order chi connectivity index (χ1) is 11.1. The minimum absolute atomic E-state index is 0.440. The first-order valence-electron chi connectivity index (χ1n) is 7.31. The van der Waals surface area contributed by atoms with E-state index < -0.39 is 0 Å². The topological polar surface area (TPSA) is 53.6 Å². The van der Waals surface area contributed by atoms with Gasteiger partial charge in [-0.3, -0.25) is 0 Å². The first-order valence-corrected chi connectivity index (χ1v) is 8.45. The van der Waals surface area contributed by atoms with Gasteiger partial charge in [0.2, 0.25) is 5.95 Å². The van der Waals surface area contributed by atoms with E-state index in [-0.39, 0.29) is 0 Å². The molecule has 1 aromatic carbocycles. The highest BCUT2D eigenvalue weighted by molar-refractivity contribution is 6.34. The number of pyridine rings is 1. The number of hydrogen-bond donors (Lipinski definition) is 2. The number of hydrogen-bond acceptors (Lipinski definition) is 3. The van der Waals surface area contributed by atoms with Crippen molar-refractivity contribution >= 4 is 51.9 Å². The minimum Gasteiger partial charge on any atom is -0.356 e. The van der Waals surface area contributed by atoms with E-state index >= 15 is 0 Å². The number of rotatable bonds is 6. The van der Waals surface area contributed by atoms with Crippen molar-refractivity contribution in [2.45, 2.75) is 19.3 Å². The van der Waals surface area contributed by atoms with E-state index in [2.05, 4.69) is 20.3 Å². The summed E-state index contributed by atoms with van der Waals surface area (Å²) in [6, 6.07) is 9.26. The van der Waals surface area contributed by atoms with Gasteiger partial charge in [-0.05, 0) is 55.2 Å². The fraction of sp³-hybridized carbons (Fsp3) is 0.250. The maximum absolute atomic E-state index is 6.00. The van der Waals surface area contributed by atoms with Crippen LogP contribution >= 0.6 is 34.8 Å². The Morgan fingerprint density at radius 1 is 0.957 bits per heavy atom. The van der Waals surface area contributed by atoms with Crippen LogP contribution in [-0.4, -0.2) is 21.5 Å². The zero-order valence-corrected chi connectivity index (χ0v) is 14.5. The van der Waals surface area contributed by atoms with Gasteiger partial charge >= 0.3 is 0 Å². The van der Waals surface area contributed by atoms with Crippen LogP contribution in [0.25, 0.3) is 11.2 Å². The quantitative estimate of drug-likeness (QED) is 0.454. The van der Waals surface area contributed by atoms with Gasteiger partial charge in [-0.15, -0.1) is 0 Å². The maximum atomic E-state index is 6.00. The zero-order chi connectivity index (χ0) is 16.2. The molecule has 23 heavy (non-hydrogen) atoms. The van der Waals surface area contributed by atoms with Gasteiger partial charge in [0, 0.05) is 16.6 Å². The largest absolute Gasteiger partial charge is 0.356 e. The Balaban J connectivity index is 1.47. The van der Waals surface area contributed by atoms with E-state index in [4.69, 9.17) is 34.8 Å². The van der Waals surface area contributed by atoms with Gasteiger partial charge in [0.15, 0.2) is 5.65 Å². The second-order valence-corrected chi connectivity index (χ2v) is 6.51. The number of aromatic nitrogens is 3. The van der Waals surface area contributed by atoms with E-state index in [0.717, 1.165) is 36.9 Å². The monoisotopic (exact) mass is 368 g/mol. The molecule has 0 saturated heterocycles. The van der Waals surface area contributed by atoms with Crippen LogP contribution in [0.2, 0.25) is 15.2 Å². The molecule has 0 aliphatic heterocycles. The summed E-state index contributed by atoms with van der Waals surface area (Å²) in [5.41, 5.74) is 2.64. The molecule has 7 heteroatoms. The van der Waals surface area contributed by atoms with Crippen molar-refractivity contribution in [1.29, 1.82) is 0 Å². The number of aryl methyl sites for hydroxylation is 1. The molecule has 0 aliphatic rings. The third-order valence-corrected chi connectivity index (χ3v) is 4.07. The highest BCUT2D eigenvalue weighted by Crippen LogP contribution is 2.20. The Hall–Kier alpha value is -1.49. The van der Waals surface area contributed by atoms with E-state index in [0.29, 0.717) is 26.8 Å². The third kappa shape index (κ3) is 4.50. The van der Waals surface area contributed by atoms with Crippen LogP contribution in [0.3, 0.4) is 0 Å². The second kappa shape index (κ2) is 7.39. The van der Waals surface area contributed by atoms with E-state index in [1.165, 1.54) is 0 Å². The number of halogens is 3. The van der Waals surface area contributed by atoms with Crippen molar-refractivity contribution < 1.29 is 0 Å². The van der Waals surface area contributed by atoms with Crippen LogP contribution in [0, 0.1) is 0 Å². The number of anilines is 1. The Kier molecular flexibility index (Phi) is 5.26. The number of nitrogens with one attached hydrogen (secondary N) is 2. The summed E-state index contributed by atoms with van der Waals surface area (Å²) < 4.78 is 0. The Bertz CT molecular complexity index is 796. The summed E-state index contributed by atoms with van der Waals surface area (Å²) in [6.07, 6.45) is 2.99. The summed E-state index contributed by atoms with van der Waals surface area (Å²) in [6.45, 7) is 0.821. The van der Waals surface area contributed by atoms with Crippen LogP contribution in [0.5, 0.6) is 0 Å². The molecule has 120 valence electrons. The molecule has 3 rings (SSSR count). The van der Waals surface area contributed by atoms with Crippen molar-refractivity contribution in [3.8, 4) is 0 Å². The molecule has 2 aromatic heterocycles. The molecule has 0 radical (unpaired) electrons. The van der Waals surface area contributed by atoms with Crippen molar-refractivity contribution in [2.75, 3.05) is 11.9 Å². The molecule has 0 unspecified atom stereocenters. The van der Waals surface area contributed by atoms with Gasteiger partial charge in [0.05, 0.1) is 5.52 Å². The fourth-order valence-corrected chi connectivity index (χ4v) is 3.08. The van der Waals surface area contributed by atoms with E-state index in [9.17, 15) is 0 Å². The number of H-pyrrole nitrogens is 1. The molecule has 0 bridgehead atoms. The van der Waals surface area contributed by atoms with Gasteiger partial charge in [-0.25, -0.2) is 4.98 Å². The van der Waals surface area contributed by atoms with Crippen LogP contribution in [0.4, 0.5) is 5.95 Å². The van der Waals surface area contributed by atoms with Crippen LogP contribution in [0.15, 0.2) is 30.3 Å². The molecule has 0 aliphatic carbocycles. The summed E-state index contributed by atoms with van der Waals surface area (Å²) in [5, 5.41) is 5.06. The Labute approximate surface area is 149 Å². The van der Waals surface area contributed by atoms with Crippen LogP contribution < -0.4 is 5.32 Å². The predicted octanol–water partition coefficient (Wildman–Crippen LogP) is 5.35. The van der Waals surface area contributed by atoms with E-state index in [1.807, 2.05) is 18.2 Å². The molecule has 2 N–H and O–H groups in total. The standard InChI is InChI=1S/C16H15Cl3N4/c17-11-7-10(8-12(18)9-11)3-1-2-6-20-16-21-13-4-5-14(19)22-15(13)23-16/h4-5,7-9H,1-3,6H2,(H2,20,21,22,23). The lowest BCUT2D eigenvalue weighted by molar-refractivity contribution is 0.760. The average Bonchev–Trinajstić information content (AvgIpc) is 2.87. The van der Waals surface area contributed by atoms with Crippen molar-refractivity contribution in [2.24, 2.45) is 0 Å². The summed E-state index contributed by atoms with van der Waals surface area (Å²) in [7, 11) is 0. The smallest absolute Gasteiger partial charge is 0.202 e. The minimum atomic E-state index is 0.440. The summed E-state index contributed by atoms with van der Waals surface area (Å²) in [5.74, 6) is 0.709. The number of aromatic amines is 1. The van der Waals surface area contributed by atoms with Crippen LogP contribution in [-0.2, 0) is 6.42 Å². The molecule has 0 amide bonds. The lowest BCUT2D eigenvalue weighted by Gasteiger charge is -2.04. The SMILES string of the molecule is Clc1cc(Cl)cc(CCCCNc2nc3nc(Cl)ccc3[nH]2)c1. The van der Waals surface area contributed by atoms with Gasteiger partial charge in [0.25, 0.3) is 0 Å². The lowest BCUT2D eigenvalue weighted by atomic mass is 10.1. The molecule has 4 nitrogen and oxygen atoms in total. The predicted molar refractivity (Wildman–Crippen MR) is 96.8 cm³/mol. The van der Waals surface area contributed by atoms with Crippen molar-refractivity contribution in [1.82, 2.24) is 15.0 Å². The average molecular weight is 370 g/mol. The van der Waals surface area contributed by atoms with Crippen molar-refractivity contribution in [3.63, 3.8) is 0 Å². The van der Waals surface area contributed by atoms with Gasteiger partial charge in [-0.1, -0.05) is 34.8 Å². The lowest BCUT2D eigenvalue weighted by Crippen LogP contribution is -2.03. The molecule has 2 heterocycles. The molecule has 0 saturated carbocycles. The van der Waals surface area contributed by atoms with Gasteiger partial charge in [0.1, 0.15) is 5.15 Å². The Morgan fingerprint density at radius 2 is 1.74 bits per heavy atom. The molecule has 0 spiro atoms. The summed E-state index contributed by atoms with van der Waals surface area (Å²) >= 11 is 17.8. The highest BCUT2D eigenvalue weighted by Gasteiger charge is 2.04. The van der Waals surface area contributed by atoms with E-state index in [1.54, 1.807) is 12.1 Å². The molecular formula is C16H15Cl3N4. The number of nitrogens with zero attached hydrogens (tertiary/aromatic N) is 2. The third-order valence-electron chi connectivity index (χ3n) is 3.42. The maximum Gasteiger partial charge on any atom is 0.202 e. The van der Waals surface area contributed by atoms with Crippen molar-refractivity contribution in [3.05, 3.63) is 51.1 Å². The fourth-order valence-electron chi connectivity index (χ4n) is 2.37. The Morgan fingerprint density at radius 3 is 2.52 bits per heavy atom. The first kappa shape index (κ1) is 16.4. The molecular weight excluding hydrogens is 355 g/mol. The zero-order valence-electron chi connectivity index (χ0n) is 12.2.